The van der Waals surface area contributed by atoms with Crippen LogP contribution in [0.2, 0.25) is 0 Å². The van der Waals surface area contributed by atoms with Gasteiger partial charge in [0.1, 0.15) is 17.0 Å². The highest BCUT2D eigenvalue weighted by atomic mass is 16.6. The molecule has 3 rings (SSSR count). The first-order chi connectivity index (χ1) is 14.4. The molecule has 1 N–H and O–H groups in total. The fourth-order valence-electron chi connectivity index (χ4n) is 3.46. The van der Waals surface area contributed by atoms with Crippen LogP contribution in [0.5, 0.6) is 0 Å². The van der Waals surface area contributed by atoms with Crippen LogP contribution in [0.3, 0.4) is 0 Å². The minimum Gasteiger partial charge on any atom is -0.456 e. The molecule has 31 heavy (non-hydrogen) atoms. The van der Waals surface area contributed by atoms with Crippen molar-refractivity contribution in [3.63, 3.8) is 0 Å². The Balaban J connectivity index is 1.61. The van der Waals surface area contributed by atoms with Crippen molar-refractivity contribution in [3.05, 3.63) is 41.9 Å². The van der Waals surface area contributed by atoms with Crippen molar-refractivity contribution >= 4 is 12.1 Å². The SMILES string of the molecule is CC(C)(C)OC(=O)NCC1CCn2cc(-c3ccc(C(=O)OC(C)(C)C)cc3)nc2C1. The van der Waals surface area contributed by atoms with Crippen molar-refractivity contribution in [1.82, 2.24) is 14.9 Å². The van der Waals surface area contributed by atoms with Gasteiger partial charge in [0.15, 0.2) is 0 Å². The van der Waals surface area contributed by atoms with Crippen LogP contribution in [0.1, 0.15) is 64.1 Å². The van der Waals surface area contributed by atoms with Crippen LogP contribution in [0.25, 0.3) is 11.3 Å². The highest BCUT2D eigenvalue weighted by molar-refractivity contribution is 5.90. The summed E-state index contributed by atoms with van der Waals surface area (Å²) in [4.78, 5) is 28.9. The van der Waals surface area contributed by atoms with Crippen LogP contribution < -0.4 is 5.32 Å². The average molecular weight is 428 g/mol. The van der Waals surface area contributed by atoms with Gasteiger partial charge in [-0.3, -0.25) is 0 Å². The molecule has 1 aliphatic rings. The van der Waals surface area contributed by atoms with Gasteiger partial charge in [0.25, 0.3) is 0 Å². The van der Waals surface area contributed by atoms with Gasteiger partial charge in [0.05, 0.1) is 11.3 Å². The highest BCUT2D eigenvalue weighted by Crippen LogP contribution is 2.26. The topological polar surface area (TPSA) is 82.5 Å². The van der Waals surface area contributed by atoms with E-state index < -0.39 is 11.2 Å². The number of imidazole rings is 1. The molecule has 0 bridgehead atoms. The van der Waals surface area contributed by atoms with E-state index in [1.54, 1.807) is 12.1 Å². The normalized spacial score (nSPS) is 16.4. The number of ether oxygens (including phenoxy) is 2. The van der Waals surface area contributed by atoms with Crippen molar-refractivity contribution < 1.29 is 19.1 Å². The molecule has 7 heteroatoms. The van der Waals surface area contributed by atoms with E-state index in [1.807, 2.05) is 53.7 Å². The molecule has 0 saturated carbocycles. The molecule has 1 aromatic carbocycles. The van der Waals surface area contributed by atoms with Crippen molar-refractivity contribution in [2.24, 2.45) is 5.92 Å². The van der Waals surface area contributed by atoms with Gasteiger partial charge in [-0.05, 0) is 66.0 Å². The molecule has 1 aliphatic heterocycles. The Morgan fingerprint density at radius 1 is 1.06 bits per heavy atom. The van der Waals surface area contributed by atoms with Crippen LogP contribution in [0, 0.1) is 5.92 Å². The largest absolute Gasteiger partial charge is 0.456 e. The van der Waals surface area contributed by atoms with Gasteiger partial charge in [-0.25, -0.2) is 14.6 Å². The summed E-state index contributed by atoms with van der Waals surface area (Å²) in [6.45, 7) is 12.5. The van der Waals surface area contributed by atoms with Crippen LogP contribution in [0.15, 0.2) is 30.5 Å². The van der Waals surface area contributed by atoms with Gasteiger partial charge in [0, 0.05) is 31.3 Å². The zero-order valence-corrected chi connectivity index (χ0v) is 19.3. The van der Waals surface area contributed by atoms with E-state index >= 15 is 0 Å². The molecule has 1 amide bonds. The Labute approximate surface area is 184 Å². The van der Waals surface area contributed by atoms with E-state index in [9.17, 15) is 9.59 Å². The van der Waals surface area contributed by atoms with Gasteiger partial charge in [-0.15, -0.1) is 0 Å². The molecule has 7 nitrogen and oxygen atoms in total. The Bertz CT molecular complexity index is 933. The quantitative estimate of drug-likeness (QED) is 0.722. The lowest BCUT2D eigenvalue weighted by atomic mass is 9.98. The number of benzene rings is 1. The molecule has 0 spiro atoms. The molecule has 1 atom stereocenters. The molecule has 2 heterocycles. The first-order valence-corrected chi connectivity index (χ1v) is 10.8. The fraction of sp³-hybridized carbons (Fsp3) is 0.542. The third kappa shape index (κ3) is 6.57. The lowest BCUT2D eigenvalue weighted by Crippen LogP contribution is -2.37. The summed E-state index contributed by atoms with van der Waals surface area (Å²) in [5.74, 6) is 1.00. The molecule has 0 radical (unpaired) electrons. The summed E-state index contributed by atoms with van der Waals surface area (Å²) in [6.07, 6.45) is 3.43. The zero-order chi connectivity index (χ0) is 22.8. The average Bonchev–Trinajstić information content (AvgIpc) is 3.07. The number of hydrogen-bond donors (Lipinski definition) is 1. The molecular weight excluding hydrogens is 394 g/mol. The van der Waals surface area contributed by atoms with Gasteiger partial charge in [-0.2, -0.15) is 0 Å². The number of nitrogens with one attached hydrogen (secondary N) is 1. The Hall–Kier alpha value is -2.83. The summed E-state index contributed by atoms with van der Waals surface area (Å²) < 4.78 is 12.9. The van der Waals surface area contributed by atoms with Crippen LogP contribution in [0.4, 0.5) is 4.79 Å². The summed E-state index contributed by atoms with van der Waals surface area (Å²) in [5, 5.41) is 2.87. The molecule has 168 valence electrons. The number of hydrogen-bond acceptors (Lipinski definition) is 5. The number of aromatic nitrogens is 2. The summed E-state index contributed by atoms with van der Waals surface area (Å²) in [6, 6.07) is 7.34. The third-order valence-corrected chi connectivity index (χ3v) is 4.86. The molecule has 0 saturated heterocycles. The zero-order valence-electron chi connectivity index (χ0n) is 19.3. The Morgan fingerprint density at radius 2 is 1.71 bits per heavy atom. The highest BCUT2D eigenvalue weighted by Gasteiger charge is 2.23. The molecule has 1 unspecified atom stereocenters. The van der Waals surface area contributed by atoms with E-state index in [-0.39, 0.29) is 12.1 Å². The number of nitrogens with zero attached hydrogens (tertiary/aromatic N) is 2. The van der Waals surface area contributed by atoms with Crippen molar-refractivity contribution in [2.75, 3.05) is 6.54 Å². The number of aryl methyl sites for hydroxylation is 1. The monoisotopic (exact) mass is 427 g/mol. The number of fused-ring (bicyclic) bond motifs is 1. The van der Waals surface area contributed by atoms with E-state index in [2.05, 4.69) is 16.1 Å². The summed E-state index contributed by atoms with van der Waals surface area (Å²) >= 11 is 0. The Morgan fingerprint density at radius 3 is 2.32 bits per heavy atom. The van der Waals surface area contributed by atoms with E-state index in [0.717, 1.165) is 36.5 Å². The molecule has 0 fully saturated rings. The maximum absolute atomic E-state index is 12.2. The number of rotatable bonds is 4. The minimum atomic E-state index is -0.520. The number of esters is 1. The fourth-order valence-corrected chi connectivity index (χ4v) is 3.46. The predicted octanol–water partition coefficient (Wildman–Crippen LogP) is 4.59. The lowest BCUT2D eigenvalue weighted by molar-refractivity contribution is 0.00692. The second-order valence-corrected chi connectivity index (χ2v) is 10.1. The van der Waals surface area contributed by atoms with Crippen molar-refractivity contribution in [1.29, 1.82) is 0 Å². The Kier molecular flexibility index (Phi) is 6.43. The van der Waals surface area contributed by atoms with Crippen LogP contribution in [-0.2, 0) is 22.4 Å². The number of carbonyl (C=O) groups is 2. The van der Waals surface area contributed by atoms with Gasteiger partial charge < -0.3 is 19.4 Å². The molecule has 2 aromatic rings. The second-order valence-electron chi connectivity index (χ2n) is 10.1. The second kappa shape index (κ2) is 8.73. The molecular formula is C24H33N3O4. The summed E-state index contributed by atoms with van der Waals surface area (Å²) in [7, 11) is 0. The number of amides is 1. The standard InChI is InChI=1S/C24H33N3O4/c1-23(2,3)30-21(28)18-9-7-17(8-10-18)19-15-27-12-11-16(13-20(27)26-19)14-25-22(29)31-24(4,5)6/h7-10,15-16H,11-14H2,1-6H3,(H,25,29). The van der Waals surface area contributed by atoms with E-state index in [1.165, 1.54) is 0 Å². The van der Waals surface area contributed by atoms with Gasteiger partial charge in [-0.1, -0.05) is 12.1 Å². The third-order valence-electron chi connectivity index (χ3n) is 4.86. The molecule has 0 aliphatic carbocycles. The smallest absolute Gasteiger partial charge is 0.407 e. The van der Waals surface area contributed by atoms with Crippen molar-refractivity contribution in [2.45, 2.75) is 72.1 Å². The predicted molar refractivity (Wildman–Crippen MR) is 119 cm³/mol. The number of carbonyl (C=O) groups excluding carboxylic acids is 2. The van der Waals surface area contributed by atoms with Crippen LogP contribution in [-0.4, -0.2) is 39.4 Å². The van der Waals surface area contributed by atoms with Gasteiger partial charge >= 0.3 is 12.1 Å². The first kappa shape index (κ1) is 22.8. The maximum Gasteiger partial charge on any atom is 0.407 e. The van der Waals surface area contributed by atoms with Gasteiger partial charge in [0.2, 0.25) is 0 Å². The maximum atomic E-state index is 12.2. The lowest BCUT2D eigenvalue weighted by Gasteiger charge is -2.25. The van der Waals surface area contributed by atoms with E-state index in [4.69, 9.17) is 14.5 Å². The first-order valence-electron chi connectivity index (χ1n) is 10.8. The van der Waals surface area contributed by atoms with Crippen molar-refractivity contribution in [3.8, 4) is 11.3 Å². The van der Waals surface area contributed by atoms with Crippen LogP contribution >= 0.6 is 0 Å². The van der Waals surface area contributed by atoms with E-state index in [0.29, 0.717) is 18.0 Å². The minimum absolute atomic E-state index is 0.324. The summed E-state index contributed by atoms with van der Waals surface area (Å²) in [5.41, 5.74) is 1.34. The molecule has 1 aromatic heterocycles. The number of alkyl carbamates (subject to hydrolysis) is 1.